The van der Waals surface area contributed by atoms with Crippen LogP contribution >= 0.6 is 0 Å². The second-order valence-electron chi connectivity index (χ2n) is 7.42. The monoisotopic (exact) mass is 440 g/mol. The average molecular weight is 440 g/mol. The summed E-state index contributed by atoms with van der Waals surface area (Å²) in [6.07, 6.45) is 4.14. The van der Waals surface area contributed by atoms with Gasteiger partial charge in [-0.1, -0.05) is 25.0 Å². The lowest BCUT2D eigenvalue weighted by Gasteiger charge is -2.15. The van der Waals surface area contributed by atoms with Gasteiger partial charge in [0.1, 0.15) is 0 Å². The highest BCUT2D eigenvalue weighted by Crippen LogP contribution is 2.28. The molecule has 1 fully saturated rings. The molecule has 0 spiro atoms. The number of para-hydroxylation sites is 1. The van der Waals surface area contributed by atoms with Crippen LogP contribution in [0.2, 0.25) is 0 Å². The molecule has 0 aromatic heterocycles. The molecule has 1 aliphatic rings. The van der Waals surface area contributed by atoms with E-state index in [1.807, 2.05) is 6.92 Å². The molecule has 2 amide bonds. The molecule has 1 aliphatic carbocycles. The Morgan fingerprint density at radius 2 is 1.78 bits per heavy atom. The van der Waals surface area contributed by atoms with Gasteiger partial charge in [0, 0.05) is 6.04 Å². The topological polar surface area (TPSA) is 103 Å². The lowest BCUT2D eigenvalue weighted by atomic mass is 10.1. The quantitative estimate of drug-likeness (QED) is 0.578. The Morgan fingerprint density at radius 1 is 1.03 bits per heavy atom. The van der Waals surface area contributed by atoms with E-state index in [1.165, 1.54) is 19.2 Å². The zero-order valence-corrected chi connectivity index (χ0v) is 18.3. The number of nitrogens with one attached hydrogen (secondary N) is 2. The molecule has 2 aromatic rings. The van der Waals surface area contributed by atoms with Crippen molar-refractivity contribution in [2.75, 3.05) is 25.6 Å². The van der Waals surface area contributed by atoms with E-state index in [2.05, 4.69) is 10.6 Å². The zero-order chi connectivity index (χ0) is 22.9. The Hall–Kier alpha value is -3.55. The SMILES string of the molecule is CCOc1cc(C(=O)OCC(=O)Nc2ccccc2C(=O)NC2CCCC2)ccc1OC. The molecule has 0 aliphatic heterocycles. The van der Waals surface area contributed by atoms with E-state index in [0.717, 1.165) is 25.7 Å². The number of amides is 2. The summed E-state index contributed by atoms with van der Waals surface area (Å²) >= 11 is 0. The molecule has 8 heteroatoms. The minimum Gasteiger partial charge on any atom is -0.493 e. The van der Waals surface area contributed by atoms with Crippen molar-refractivity contribution in [1.29, 1.82) is 0 Å². The van der Waals surface area contributed by atoms with Crippen molar-refractivity contribution in [2.24, 2.45) is 0 Å². The van der Waals surface area contributed by atoms with Gasteiger partial charge in [0.25, 0.3) is 11.8 Å². The average Bonchev–Trinajstić information content (AvgIpc) is 3.31. The molecule has 0 heterocycles. The van der Waals surface area contributed by atoms with Crippen molar-refractivity contribution >= 4 is 23.5 Å². The summed E-state index contributed by atoms with van der Waals surface area (Å²) in [6.45, 7) is 1.74. The molecule has 0 unspecified atom stereocenters. The number of hydrogen-bond acceptors (Lipinski definition) is 6. The minimum atomic E-state index is -0.670. The van der Waals surface area contributed by atoms with Crippen LogP contribution in [0, 0.1) is 0 Å². The van der Waals surface area contributed by atoms with Gasteiger partial charge in [-0.2, -0.15) is 0 Å². The summed E-state index contributed by atoms with van der Waals surface area (Å²) in [4.78, 5) is 37.4. The normalized spacial score (nSPS) is 13.3. The van der Waals surface area contributed by atoms with Crippen LogP contribution in [0.5, 0.6) is 11.5 Å². The number of rotatable bonds is 9. The van der Waals surface area contributed by atoms with Gasteiger partial charge >= 0.3 is 5.97 Å². The van der Waals surface area contributed by atoms with Gasteiger partial charge < -0.3 is 24.8 Å². The molecule has 0 radical (unpaired) electrons. The van der Waals surface area contributed by atoms with Gasteiger partial charge in [-0.15, -0.1) is 0 Å². The van der Waals surface area contributed by atoms with Crippen LogP contribution in [0.1, 0.15) is 53.3 Å². The summed E-state index contributed by atoms with van der Waals surface area (Å²) in [5, 5.41) is 5.66. The second-order valence-corrected chi connectivity index (χ2v) is 7.42. The standard InChI is InChI=1S/C24H28N2O6/c1-3-31-21-14-16(12-13-20(21)30-2)24(29)32-15-22(27)26-19-11-7-6-10-18(19)23(28)25-17-8-4-5-9-17/h6-7,10-14,17H,3-5,8-9,15H2,1-2H3,(H,25,28)(H,26,27). The van der Waals surface area contributed by atoms with Crippen molar-refractivity contribution in [1.82, 2.24) is 5.32 Å². The van der Waals surface area contributed by atoms with Crippen LogP contribution in [0.25, 0.3) is 0 Å². The number of methoxy groups -OCH3 is 1. The van der Waals surface area contributed by atoms with E-state index in [9.17, 15) is 14.4 Å². The van der Waals surface area contributed by atoms with Crippen LogP contribution in [0.15, 0.2) is 42.5 Å². The fraction of sp³-hybridized carbons (Fsp3) is 0.375. The maximum Gasteiger partial charge on any atom is 0.338 e. The zero-order valence-electron chi connectivity index (χ0n) is 18.3. The summed E-state index contributed by atoms with van der Waals surface area (Å²) in [5.41, 5.74) is 0.973. The molecular formula is C24H28N2O6. The molecule has 0 atom stereocenters. The van der Waals surface area contributed by atoms with Crippen molar-refractivity contribution < 1.29 is 28.6 Å². The first-order chi connectivity index (χ1) is 15.5. The Morgan fingerprint density at radius 3 is 2.50 bits per heavy atom. The molecular weight excluding hydrogens is 412 g/mol. The third kappa shape index (κ3) is 6.00. The number of benzene rings is 2. The number of carbonyl (C=O) groups is 3. The highest BCUT2D eigenvalue weighted by molar-refractivity contribution is 6.04. The summed E-state index contributed by atoms with van der Waals surface area (Å²) in [7, 11) is 1.51. The van der Waals surface area contributed by atoms with Crippen LogP contribution in [-0.4, -0.2) is 44.1 Å². The van der Waals surface area contributed by atoms with E-state index in [4.69, 9.17) is 14.2 Å². The maximum absolute atomic E-state index is 12.6. The van der Waals surface area contributed by atoms with Crippen LogP contribution in [0.3, 0.4) is 0 Å². The fourth-order valence-corrected chi connectivity index (χ4v) is 3.60. The molecule has 32 heavy (non-hydrogen) atoms. The summed E-state index contributed by atoms with van der Waals surface area (Å²) in [6, 6.07) is 11.5. The molecule has 1 saturated carbocycles. The maximum atomic E-state index is 12.6. The van der Waals surface area contributed by atoms with Gasteiger partial charge in [0.05, 0.1) is 30.5 Å². The van der Waals surface area contributed by atoms with Gasteiger partial charge in [-0.3, -0.25) is 9.59 Å². The molecule has 0 bridgehead atoms. The largest absolute Gasteiger partial charge is 0.493 e. The summed E-state index contributed by atoms with van der Waals surface area (Å²) in [5.74, 6) is -0.537. The number of esters is 1. The van der Waals surface area contributed by atoms with Crippen LogP contribution in [0.4, 0.5) is 5.69 Å². The Labute approximate surface area is 187 Å². The lowest BCUT2D eigenvalue weighted by molar-refractivity contribution is -0.119. The Balaban J connectivity index is 1.59. The van der Waals surface area contributed by atoms with Gasteiger partial charge in [0.2, 0.25) is 0 Å². The van der Waals surface area contributed by atoms with Crippen molar-refractivity contribution in [3.63, 3.8) is 0 Å². The summed E-state index contributed by atoms with van der Waals surface area (Å²) < 4.78 is 15.8. The van der Waals surface area contributed by atoms with E-state index in [1.54, 1.807) is 30.3 Å². The van der Waals surface area contributed by atoms with E-state index >= 15 is 0 Å². The first-order valence-electron chi connectivity index (χ1n) is 10.7. The molecule has 8 nitrogen and oxygen atoms in total. The predicted molar refractivity (Wildman–Crippen MR) is 119 cm³/mol. The van der Waals surface area contributed by atoms with Gasteiger partial charge in [-0.05, 0) is 50.1 Å². The smallest absolute Gasteiger partial charge is 0.338 e. The van der Waals surface area contributed by atoms with Crippen LogP contribution < -0.4 is 20.1 Å². The van der Waals surface area contributed by atoms with Crippen molar-refractivity contribution in [2.45, 2.75) is 38.6 Å². The predicted octanol–water partition coefficient (Wildman–Crippen LogP) is 3.56. The van der Waals surface area contributed by atoms with Crippen LogP contribution in [-0.2, 0) is 9.53 Å². The third-order valence-electron chi connectivity index (χ3n) is 5.17. The number of anilines is 1. The fourth-order valence-electron chi connectivity index (χ4n) is 3.60. The highest BCUT2D eigenvalue weighted by atomic mass is 16.5. The van der Waals surface area contributed by atoms with Crippen molar-refractivity contribution in [3.05, 3.63) is 53.6 Å². The van der Waals surface area contributed by atoms with Gasteiger partial charge in [-0.25, -0.2) is 4.79 Å². The highest BCUT2D eigenvalue weighted by Gasteiger charge is 2.20. The number of hydrogen-bond donors (Lipinski definition) is 2. The van der Waals surface area contributed by atoms with Crippen molar-refractivity contribution in [3.8, 4) is 11.5 Å². The first-order valence-corrected chi connectivity index (χ1v) is 10.7. The molecule has 170 valence electrons. The van der Waals surface area contributed by atoms with E-state index in [0.29, 0.717) is 29.4 Å². The Kier molecular flexibility index (Phi) is 8.08. The number of carbonyl (C=O) groups excluding carboxylic acids is 3. The number of ether oxygens (including phenoxy) is 3. The first kappa shape index (κ1) is 23.1. The molecule has 0 saturated heterocycles. The second kappa shape index (κ2) is 11.2. The lowest BCUT2D eigenvalue weighted by Crippen LogP contribution is -2.33. The minimum absolute atomic E-state index is 0.165. The molecule has 2 N–H and O–H groups in total. The van der Waals surface area contributed by atoms with E-state index in [-0.39, 0.29) is 17.5 Å². The molecule has 3 rings (SSSR count). The van der Waals surface area contributed by atoms with E-state index < -0.39 is 18.5 Å². The Bertz CT molecular complexity index is 969. The van der Waals surface area contributed by atoms with Gasteiger partial charge in [0.15, 0.2) is 18.1 Å². The molecule has 2 aromatic carbocycles. The third-order valence-corrected chi connectivity index (χ3v) is 5.17.